The van der Waals surface area contributed by atoms with Gasteiger partial charge in [-0.3, -0.25) is 0 Å². The maximum Gasteiger partial charge on any atom is 0.349 e. The van der Waals surface area contributed by atoms with Crippen molar-refractivity contribution in [3.8, 4) is 0 Å². The van der Waals surface area contributed by atoms with E-state index in [0.717, 1.165) is 26.9 Å². The lowest BCUT2D eigenvalue weighted by Gasteiger charge is -2.07. The SMILES string of the molecule is O=C1OC(=O)c2c1cc(SCc1ccccc1)c1c2[nH]c2ccccc21. The van der Waals surface area contributed by atoms with Crippen LogP contribution < -0.4 is 0 Å². The number of rotatable bonds is 3. The summed E-state index contributed by atoms with van der Waals surface area (Å²) in [5, 5.41) is 2.00. The van der Waals surface area contributed by atoms with E-state index in [1.54, 1.807) is 17.8 Å². The summed E-state index contributed by atoms with van der Waals surface area (Å²) in [4.78, 5) is 28.5. The molecule has 26 heavy (non-hydrogen) atoms. The molecule has 5 heteroatoms. The molecule has 0 aliphatic carbocycles. The van der Waals surface area contributed by atoms with Gasteiger partial charge in [0.15, 0.2) is 0 Å². The molecule has 4 aromatic rings. The second-order valence-electron chi connectivity index (χ2n) is 6.17. The minimum atomic E-state index is -0.582. The van der Waals surface area contributed by atoms with Crippen molar-refractivity contribution < 1.29 is 14.3 Å². The van der Waals surface area contributed by atoms with Crippen LogP contribution in [0.1, 0.15) is 26.3 Å². The van der Waals surface area contributed by atoms with Gasteiger partial charge in [0.2, 0.25) is 0 Å². The van der Waals surface area contributed by atoms with Crippen molar-refractivity contribution in [2.75, 3.05) is 0 Å². The molecule has 0 saturated carbocycles. The zero-order valence-corrected chi connectivity index (χ0v) is 14.4. The van der Waals surface area contributed by atoms with Gasteiger partial charge >= 0.3 is 11.9 Å². The Hall–Kier alpha value is -3.05. The van der Waals surface area contributed by atoms with Crippen LogP contribution in [0.25, 0.3) is 21.8 Å². The van der Waals surface area contributed by atoms with E-state index in [2.05, 4.69) is 17.1 Å². The zero-order valence-electron chi connectivity index (χ0n) is 13.6. The number of aromatic nitrogens is 1. The van der Waals surface area contributed by atoms with Gasteiger partial charge in [0.05, 0.1) is 16.6 Å². The largest absolute Gasteiger partial charge is 0.386 e. The smallest absolute Gasteiger partial charge is 0.349 e. The molecule has 4 nitrogen and oxygen atoms in total. The molecule has 1 aliphatic heterocycles. The number of cyclic esters (lactones) is 2. The molecule has 0 saturated heterocycles. The maximum absolute atomic E-state index is 12.2. The highest BCUT2D eigenvalue weighted by Crippen LogP contribution is 2.40. The summed E-state index contributed by atoms with van der Waals surface area (Å²) in [7, 11) is 0. The van der Waals surface area contributed by atoms with Crippen molar-refractivity contribution in [3.63, 3.8) is 0 Å². The lowest BCUT2D eigenvalue weighted by molar-refractivity contribution is 0.0444. The molecule has 0 bridgehead atoms. The Morgan fingerprint density at radius 2 is 1.69 bits per heavy atom. The van der Waals surface area contributed by atoms with Gasteiger partial charge < -0.3 is 9.72 Å². The Morgan fingerprint density at radius 3 is 2.54 bits per heavy atom. The minimum Gasteiger partial charge on any atom is -0.386 e. The Labute approximate surface area is 153 Å². The molecule has 0 amide bonds. The van der Waals surface area contributed by atoms with E-state index in [1.807, 2.05) is 42.5 Å². The van der Waals surface area contributed by atoms with Crippen LogP contribution in [0.2, 0.25) is 0 Å². The predicted molar refractivity (Wildman–Crippen MR) is 102 cm³/mol. The third-order valence-corrected chi connectivity index (χ3v) is 5.70. The maximum atomic E-state index is 12.2. The Bertz CT molecular complexity index is 1190. The van der Waals surface area contributed by atoms with Crippen molar-refractivity contribution in [1.29, 1.82) is 0 Å². The highest BCUT2D eigenvalue weighted by molar-refractivity contribution is 7.98. The number of thioether (sulfide) groups is 1. The number of esters is 2. The normalized spacial score (nSPS) is 13.4. The van der Waals surface area contributed by atoms with Crippen molar-refractivity contribution in [2.24, 2.45) is 0 Å². The molecule has 3 aromatic carbocycles. The summed E-state index contributed by atoms with van der Waals surface area (Å²) in [5.41, 5.74) is 3.49. The lowest BCUT2D eigenvalue weighted by atomic mass is 10.0. The van der Waals surface area contributed by atoms with Crippen LogP contribution >= 0.6 is 11.8 Å². The lowest BCUT2D eigenvalue weighted by Crippen LogP contribution is -1.97. The molecule has 0 atom stereocenters. The molecular weight excluding hydrogens is 346 g/mol. The van der Waals surface area contributed by atoms with Gasteiger partial charge in [0, 0.05) is 26.9 Å². The second kappa shape index (κ2) is 5.75. The molecule has 5 rings (SSSR count). The average Bonchev–Trinajstić information content (AvgIpc) is 3.18. The van der Waals surface area contributed by atoms with Crippen LogP contribution in [0.3, 0.4) is 0 Å². The van der Waals surface area contributed by atoms with Crippen molar-refractivity contribution in [2.45, 2.75) is 10.6 Å². The van der Waals surface area contributed by atoms with E-state index in [1.165, 1.54) is 5.56 Å². The fourth-order valence-corrected chi connectivity index (χ4v) is 4.48. The summed E-state index contributed by atoms with van der Waals surface area (Å²) in [5.74, 6) is -0.384. The topological polar surface area (TPSA) is 59.2 Å². The first-order valence-corrected chi connectivity index (χ1v) is 9.21. The van der Waals surface area contributed by atoms with E-state index in [4.69, 9.17) is 4.74 Å². The van der Waals surface area contributed by atoms with Gasteiger partial charge in [-0.1, -0.05) is 48.5 Å². The van der Waals surface area contributed by atoms with Crippen molar-refractivity contribution in [3.05, 3.63) is 77.4 Å². The Kier molecular flexibility index (Phi) is 3.36. The van der Waals surface area contributed by atoms with E-state index >= 15 is 0 Å². The first kappa shape index (κ1) is 15.2. The number of para-hydroxylation sites is 1. The molecule has 0 spiro atoms. The number of aromatic amines is 1. The predicted octanol–water partition coefficient (Wildman–Crippen LogP) is 4.92. The number of nitrogens with one attached hydrogen (secondary N) is 1. The van der Waals surface area contributed by atoms with E-state index < -0.39 is 11.9 Å². The van der Waals surface area contributed by atoms with Gasteiger partial charge in [0.25, 0.3) is 0 Å². The number of carbonyl (C=O) groups excluding carboxylic acids is 2. The van der Waals surface area contributed by atoms with Crippen LogP contribution in [0.4, 0.5) is 0 Å². The summed E-state index contributed by atoms with van der Waals surface area (Å²) >= 11 is 1.65. The molecular formula is C21H13NO3S. The molecule has 2 heterocycles. The summed E-state index contributed by atoms with van der Waals surface area (Å²) in [6, 6.07) is 19.9. The number of hydrogen-bond acceptors (Lipinski definition) is 4. The molecule has 0 fully saturated rings. The minimum absolute atomic E-state index is 0.338. The van der Waals surface area contributed by atoms with E-state index in [9.17, 15) is 9.59 Å². The molecule has 126 valence electrons. The first-order chi connectivity index (χ1) is 12.7. The highest BCUT2D eigenvalue weighted by Gasteiger charge is 2.34. The van der Waals surface area contributed by atoms with Crippen LogP contribution in [0, 0.1) is 0 Å². The van der Waals surface area contributed by atoms with E-state index in [0.29, 0.717) is 16.6 Å². The molecule has 1 aliphatic rings. The van der Waals surface area contributed by atoms with Gasteiger partial charge in [0.1, 0.15) is 0 Å². The third kappa shape index (κ3) is 2.24. The van der Waals surface area contributed by atoms with Crippen molar-refractivity contribution in [1.82, 2.24) is 4.98 Å². The highest BCUT2D eigenvalue weighted by atomic mass is 32.2. The van der Waals surface area contributed by atoms with E-state index in [-0.39, 0.29) is 0 Å². The third-order valence-electron chi connectivity index (χ3n) is 4.59. The molecule has 1 aromatic heterocycles. The Morgan fingerprint density at radius 1 is 0.923 bits per heavy atom. The fourth-order valence-electron chi connectivity index (χ4n) is 3.41. The number of hydrogen-bond donors (Lipinski definition) is 1. The quantitative estimate of drug-likeness (QED) is 0.320. The molecule has 1 N–H and O–H groups in total. The summed E-state index contributed by atoms with van der Waals surface area (Å²) < 4.78 is 4.85. The summed E-state index contributed by atoms with van der Waals surface area (Å²) in [6.45, 7) is 0. The van der Waals surface area contributed by atoms with Gasteiger partial charge in [-0.05, 0) is 17.7 Å². The number of carbonyl (C=O) groups is 2. The van der Waals surface area contributed by atoms with Crippen LogP contribution in [0.5, 0.6) is 0 Å². The number of H-pyrrole nitrogens is 1. The van der Waals surface area contributed by atoms with Gasteiger partial charge in [-0.15, -0.1) is 11.8 Å². The van der Waals surface area contributed by atoms with Crippen LogP contribution in [-0.4, -0.2) is 16.9 Å². The number of benzene rings is 3. The standard InChI is InChI=1S/C21H13NO3S/c23-20-14-10-16(26-11-12-6-2-1-3-7-12)17-13-8-4-5-9-15(13)22-19(17)18(14)21(24)25-20/h1-10,22H,11H2. The summed E-state index contributed by atoms with van der Waals surface area (Å²) in [6.07, 6.45) is 0. The number of ether oxygens (including phenoxy) is 1. The first-order valence-electron chi connectivity index (χ1n) is 8.23. The second-order valence-corrected chi connectivity index (χ2v) is 7.19. The van der Waals surface area contributed by atoms with Gasteiger partial charge in [-0.25, -0.2) is 9.59 Å². The van der Waals surface area contributed by atoms with Crippen molar-refractivity contribution >= 4 is 45.5 Å². The number of fused-ring (bicyclic) bond motifs is 5. The van der Waals surface area contributed by atoms with Crippen LogP contribution in [-0.2, 0) is 10.5 Å². The van der Waals surface area contributed by atoms with Gasteiger partial charge in [-0.2, -0.15) is 0 Å². The molecule has 0 radical (unpaired) electrons. The Balaban J connectivity index is 1.74. The zero-order chi connectivity index (χ0) is 17.7. The fraction of sp³-hybridized carbons (Fsp3) is 0.0476. The molecule has 0 unspecified atom stereocenters. The van der Waals surface area contributed by atoms with Crippen LogP contribution in [0.15, 0.2) is 65.6 Å². The average molecular weight is 359 g/mol. The monoisotopic (exact) mass is 359 g/mol.